The fourth-order valence-electron chi connectivity index (χ4n) is 1.21. The fourth-order valence-corrected chi connectivity index (χ4v) is 1.21. The van der Waals surface area contributed by atoms with Gasteiger partial charge in [0.2, 0.25) is 0 Å². The van der Waals surface area contributed by atoms with Crippen LogP contribution in [0.3, 0.4) is 0 Å². The van der Waals surface area contributed by atoms with Crippen molar-refractivity contribution in [2.75, 3.05) is 6.61 Å². The second kappa shape index (κ2) is 5.39. The number of aliphatic hydroxyl groups excluding tert-OH is 1. The lowest BCUT2D eigenvalue weighted by molar-refractivity contribution is -0.0711. The van der Waals surface area contributed by atoms with Crippen LogP contribution in [0.1, 0.15) is 17.2 Å². The molecule has 3 N–H and O–H groups in total. The molecule has 0 radical (unpaired) electrons. The number of halogens is 3. The average molecular weight is 238 g/mol. The Bertz CT molecular complexity index is 320. The monoisotopic (exact) mass is 237 g/mol. The van der Waals surface area contributed by atoms with Crippen LogP contribution in [0.5, 0.6) is 0 Å². The minimum atomic E-state index is -3.27. The van der Waals surface area contributed by atoms with Crippen LogP contribution in [0.2, 0.25) is 0 Å². The van der Waals surface area contributed by atoms with E-state index in [1.165, 1.54) is 6.07 Å². The molecule has 0 saturated heterocycles. The van der Waals surface area contributed by atoms with Gasteiger partial charge < -0.3 is 10.8 Å². The van der Waals surface area contributed by atoms with Crippen LogP contribution >= 0.6 is 12.4 Å². The molecule has 5 heteroatoms. The Morgan fingerprint density at radius 2 is 2.07 bits per heavy atom. The zero-order valence-corrected chi connectivity index (χ0v) is 9.10. The van der Waals surface area contributed by atoms with Crippen molar-refractivity contribution < 1.29 is 13.9 Å². The molecule has 1 aromatic rings. The van der Waals surface area contributed by atoms with Crippen LogP contribution in [-0.2, 0) is 0 Å². The number of nitrogens with two attached hydrogens (primary N) is 1. The highest BCUT2D eigenvalue weighted by Gasteiger charge is 2.37. The molecular formula is C10H14ClF2NO. The van der Waals surface area contributed by atoms with Crippen molar-refractivity contribution in [3.05, 3.63) is 35.4 Å². The topological polar surface area (TPSA) is 46.2 Å². The van der Waals surface area contributed by atoms with Crippen LogP contribution in [0.15, 0.2) is 24.3 Å². The maximum absolute atomic E-state index is 13.0. The first-order valence-electron chi connectivity index (χ1n) is 4.28. The van der Waals surface area contributed by atoms with E-state index in [4.69, 9.17) is 10.8 Å². The number of benzene rings is 1. The molecule has 0 aromatic heterocycles. The second-order valence-electron chi connectivity index (χ2n) is 3.31. The predicted octanol–water partition coefficient (Wildman–Crippen LogP) is 2.04. The van der Waals surface area contributed by atoms with Crippen molar-refractivity contribution in [1.82, 2.24) is 0 Å². The normalized spacial score (nSPS) is 13.1. The lowest BCUT2D eigenvalue weighted by atomic mass is 10.0. The molecule has 0 bridgehead atoms. The third kappa shape index (κ3) is 3.41. The summed E-state index contributed by atoms with van der Waals surface area (Å²) in [5.41, 5.74) is 6.55. The van der Waals surface area contributed by atoms with E-state index in [1.54, 1.807) is 25.1 Å². The molecule has 15 heavy (non-hydrogen) atoms. The zero-order valence-electron chi connectivity index (χ0n) is 8.28. The molecule has 0 aliphatic rings. The van der Waals surface area contributed by atoms with Gasteiger partial charge in [0.15, 0.2) is 0 Å². The minimum Gasteiger partial charge on any atom is -0.390 e. The van der Waals surface area contributed by atoms with Crippen molar-refractivity contribution in [2.24, 2.45) is 5.73 Å². The number of aryl methyl sites for hydroxylation is 1. The van der Waals surface area contributed by atoms with Gasteiger partial charge >= 0.3 is 0 Å². The summed E-state index contributed by atoms with van der Waals surface area (Å²) in [4.78, 5) is 0. The van der Waals surface area contributed by atoms with Crippen LogP contribution in [0.25, 0.3) is 0 Å². The van der Waals surface area contributed by atoms with E-state index >= 15 is 0 Å². The van der Waals surface area contributed by atoms with E-state index in [9.17, 15) is 8.78 Å². The van der Waals surface area contributed by atoms with E-state index in [1.807, 2.05) is 0 Å². The SMILES string of the molecule is Cc1cccc([C@@H](N)C(F)(F)CO)c1.Cl. The summed E-state index contributed by atoms with van der Waals surface area (Å²) >= 11 is 0. The summed E-state index contributed by atoms with van der Waals surface area (Å²) in [5, 5.41) is 8.47. The van der Waals surface area contributed by atoms with Gasteiger partial charge in [-0.15, -0.1) is 12.4 Å². The van der Waals surface area contributed by atoms with Gasteiger partial charge in [0.25, 0.3) is 5.92 Å². The second-order valence-corrected chi connectivity index (χ2v) is 3.31. The van der Waals surface area contributed by atoms with Crippen molar-refractivity contribution in [1.29, 1.82) is 0 Å². The molecule has 86 valence electrons. The highest BCUT2D eigenvalue weighted by molar-refractivity contribution is 5.85. The molecule has 0 fully saturated rings. The molecule has 0 amide bonds. The lowest BCUT2D eigenvalue weighted by Crippen LogP contribution is -2.36. The number of hydrogen-bond acceptors (Lipinski definition) is 2. The number of alkyl halides is 2. The Balaban J connectivity index is 0.00000196. The zero-order chi connectivity index (χ0) is 10.8. The highest BCUT2D eigenvalue weighted by Crippen LogP contribution is 2.28. The Hall–Kier alpha value is -0.710. The van der Waals surface area contributed by atoms with Crippen molar-refractivity contribution >= 4 is 12.4 Å². The van der Waals surface area contributed by atoms with Crippen molar-refractivity contribution in [3.8, 4) is 0 Å². The molecular weight excluding hydrogens is 224 g/mol. The van der Waals surface area contributed by atoms with Gasteiger partial charge in [-0.25, -0.2) is 8.78 Å². The van der Waals surface area contributed by atoms with Crippen molar-refractivity contribution in [3.63, 3.8) is 0 Å². The van der Waals surface area contributed by atoms with Gasteiger partial charge in [0.05, 0.1) is 6.04 Å². The standard InChI is InChI=1S/C10H13F2NO.ClH/c1-7-3-2-4-8(5-7)9(13)10(11,12)6-14;/h2-5,9,14H,6,13H2,1H3;1H/t9-;/m1./s1. The largest absolute Gasteiger partial charge is 0.390 e. The van der Waals surface area contributed by atoms with E-state index in [-0.39, 0.29) is 12.4 Å². The predicted molar refractivity (Wildman–Crippen MR) is 57.4 cm³/mol. The number of rotatable bonds is 3. The highest BCUT2D eigenvalue weighted by atomic mass is 35.5. The maximum Gasteiger partial charge on any atom is 0.289 e. The molecule has 0 saturated carbocycles. The van der Waals surface area contributed by atoms with E-state index in [0.717, 1.165) is 5.56 Å². The molecule has 0 spiro atoms. The Kier molecular flexibility index (Phi) is 5.14. The van der Waals surface area contributed by atoms with Gasteiger partial charge in [-0.05, 0) is 12.5 Å². The Morgan fingerprint density at radius 3 is 2.53 bits per heavy atom. The van der Waals surface area contributed by atoms with Crippen LogP contribution in [0, 0.1) is 6.92 Å². The van der Waals surface area contributed by atoms with Gasteiger partial charge in [0.1, 0.15) is 6.61 Å². The quantitative estimate of drug-likeness (QED) is 0.845. The lowest BCUT2D eigenvalue weighted by Gasteiger charge is -2.21. The maximum atomic E-state index is 13.0. The van der Waals surface area contributed by atoms with Crippen LogP contribution < -0.4 is 5.73 Å². The average Bonchev–Trinajstić information content (AvgIpc) is 2.16. The first kappa shape index (κ1) is 14.3. The molecule has 1 aromatic carbocycles. The van der Waals surface area contributed by atoms with E-state index < -0.39 is 18.6 Å². The van der Waals surface area contributed by atoms with Crippen molar-refractivity contribution in [2.45, 2.75) is 18.9 Å². The van der Waals surface area contributed by atoms with E-state index in [0.29, 0.717) is 5.56 Å². The van der Waals surface area contributed by atoms with Gasteiger partial charge in [-0.3, -0.25) is 0 Å². The Labute approximate surface area is 93.5 Å². The molecule has 0 aliphatic heterocycles. The summed E-state index contributed by atoms with van der Waals surface area (Å²) in [6.07, 6.45) is 0. The summed E-state index contributed by atoms with van der Waals surface area (Å²) in [5.74, 6) is -3.27. The Morgan fingerprint density at radius 1 is 1.47 bits per heavy atom. The number of aliphatic hydroxyl groups is 1. The van der Waals surface area contributed by atoms with Crippen LogP contribution in [-0.4, -0.2) is 17.6 Å². The molecule has 1 atom stereocenters. The fraction of sp³-hybridized carbons (Fsp3) is 0.400. The molecule has 1 rings (SSSR count). The number of hydrogen-bond donors (Lipinski definition) is 2. The van der Waals surface area contributed by atoms with Gasteiger partial charge in [0, 0.05) is 0 Å². The summed E-state index contributed by atoms with van der Waals surface area (Å²) in [6.45, 7) is 0.565. The molecule has 0 aliphatic carbocycles. The van der Waals surface area contributed by atoms with Gasteiger partial charge in [-0.1, -0.05) is 29.8 Å². The first-order valence-corrected chi connectivity index (χ1v) is 4.28. The van der Waals surface area contributed by atoms with Crippen LogP contribution in [0.4, 0.5) is 8.78 Å². The molecule has 0 unspecified atom stereocenters. The van der Waals surface area contributed by atoms with E-state index in [2.05, 4.69) is 0 Å². The first-order chi connectivity index (χ1) is 6.47. The third-order valence-electron chi connectivity index (χ3n) is 2.07. The molecule has 2 nitrogen and oxygen atoms in total. The smallest absolute Gasteiger partial charge is 0.289 e. The summed E-state index contributed by atoms with van der Waals surface area (Å²) in [7, 11) is 0. The third-order valence-corrected chi connectivity index (χ3v) is 2.07. The van der Waals surface area contributed by atoms with Gasteiger partial charge in [-0.2, -0.15) is 0 Å². The summed E-state index contributed by atoms with van der Waals surface area (Å²) < 4.78 is 26.0. The minimum absolute atomic E-state index is 0. The summed E-state index contributed by atoms with van der Waals surface area (Å²) in [6, 6.07) is 5.13. The molecule has 0 heterocycles.